The van der Waals surface area contributed by atoms with Crippen LogP contribution in [0.2, 0.25) is 0 Å². The molecule has 1 saturated heterocycles. The Hall–Kier alpha value is -1.83. The summed E-state index contributed by atoms with van der Waals surface area (Å²) in [5, 5.41) is 9.49. The van der Waals surface area contributed by atoms with E-state index in [1.165, 1.54) is 0 Å². The molecule has 1 fully saturated rings. The molecule has 1 aliphatic heterocycles. The Kier molecular flexibility index (Phi) is 5.00. The number of likely N-dealkylation sites (tertiary alicyclic amines) is 1. The van der Waals surface area contributed by atoms with Gasteiger partial charge in [-0.1, -0.05) is 24.8 Å². The van der Waals surface area contributed by atoms with Crippen molar-refractivity contribution in [1.82, 2.24) is 4.90 Å². The number of carbonyl (C=O) groups excluding carboxylic acids is 1. The molecule has 1 aliphatic rings. The van der Waals surface area contributed by atoms with Gasteiger partial charge in [0.1, 0.15) is 0 Å². The van der Waals surface area contributed by atoms with Gasteiger partial charge in [0.2, 0.25) is 0 Å². The maximum atomic E-state index is 12.6. The normalized spacial score (nSPS) is 21.0. The SMILES string of the molecule is Cc1ccc(C(=O)N2CCC(C)C2CO)cc1C#CCN. The number of hydrogen-bond acceptors (Lipinski definition) is 3. The zero-order chi connectivity index (χ0) is 15.4. The number of rotatable bonds is 2. The van der Waals surface area contributed by atoms with E-state index in [1.54, 1.807) is 4.90 Å². The van der Waals surface area contributed by atoms with E-state index in [4.69, 9.17) is 5.73 Å². The Labute approximate surface area is 125 Å². The van der Waals surface area contributed by atoms with Gasteiger partial charge in [-0.2, -0.15) is 0 Å². The molecule has 1 aromatic rings. The van der Waals surface area contributed by atoms with Crippen molar-refractivity contribution in [1.29, 1.82) is 0 Å². The zero-order valence-electron chi connectivity index (χ0n) is 12.6. The maximum absolute atomic E-state index is 12.6. The maximum Gasteiger partial charge on any atom is 0.254 e. The Morgan fingerprint density at radius 2 is 2.29 bits per heavy atom. The quantitative estimate of drug-likeness (QED) is 0.801. The number of carbonyl (C=O) groups is 1. The first-order chi connectivity index (χ1) is 10.1. The van der Waals surface area contributed by atoms with Crippen LogP contribution in [0.5, 0.6) is 0 Å². The molecular formula is C17H22N2O2. The fourth-order valence-electron chi connectivity index (χ4n) is 2.74. The van der Waals surface area contributed by atoms with Crippen molar-refractivity contribution < 1.29 is 9.90 Å². The van der Waals surface area contributed by atoms with Crippen molar-refractivity contribution in [2.75, 3.05) is 19.7 Å². The molecule has 21 heavy (non-hydrogen) atoms. The number of benzene rings is 1. The number of nitrogens with two attached hydrogens (primary N) is 1. The second-order valence-electron chi connectivity index (χ2n) is 5.55. The summed E-state index contributed by atoms with van der Waals surface area (Å²) in [7, 11) is 0. The van der Waals surface area contributed by atoms with E-state index in [1.807, 2.05) is 25.1 Å². The molecule has 1 aromatic carbocycles. The third-order valence-corrected chi connectivity index (χ3v) is 4.14. The highest BCUT2D eigenvalue weighted by molar-refractivity contribution is 5.95. The number of aryl methyl sites for hydroxylation is 1. The lowest BCUT2D eigenvalue weighted by Crippen LogP contribution is -2.39. The monoisotopic (exact) mass is 286 g/mol. The van der Waals surface area contributed by atoms with Crippen LogP contribution < -0.4 is 5.73 Å². The Bertz CT molecular complexity index is 586. The lowest BCUT2D eigenvalue weighted by molar-refractivity contribution is 0.0648. The molecule has 1 amide bonds. The summed E-state index contributed by atoms with van der Waals surface area (Å²) in [6.45, 7) is 5.04. The van der Waals surface area contributed by atoms with E-state index in [9.17, 15) is 9.90 Å². The van der Waals surface area contributed by atoms with Crippen molar-refractivity contribution in [2.24, 2.45) is 11.7 Å². The van der Waals surface area contributed by atoms with E-state index >= 15 is 0 Å². The van der Waals surface area contributed by atoms with Gasteiger partial charge in [0.05, 0.1) is 19.2 Å². The van der Waals surface area contributed by atoms with Crippen LogP contribution in [0.15, 0.2) is 18.2 Å². The number of nitrogens with zero attached hydrogens (tertiary/aromatic N) is 1. The Morgan fingerprint density at radius 1 is 1.52 bits per heavy atom. The average Bonchev–Trinajstić information content (AvgIpc) is 2.86. The van der Waals surface area contributed by atoms with Gasteiger partial charge in [-0.05, 0) is 37.0 Å². The van der Waals surface area contributed by atoms with E-state index in [2.05, 4.69) is 18.8 Å². The first-order valence-corrected chi connectivity index (χ1v) is 7.30. The molecule has 4 nitrogen and oxygen atoms in total. The number of aliphatic hydroxyl groups excluding tert-OH is 1. The lowest BCUT2D eigenvalue weighted by Gasteiger charge is -2.25. The van der Waals surface area contributed by atoms with Crippen LogP contribution in [-0.2, 0) is 0 Å². The fraction of sp³-hybridized carbons (Fsp3) is 0.471. The average molecular weight is 286 g/mol. The molecule has 2 unspecified atom stereocenters. The van der Waals surface area contributed by atoms with Gasteiger partial charge in [-0.3, -0.25) is 4.79 Å². The topological polar surface area (TPSA) is 66.6 Å². The predicted octanol–water partition coefficient (Wildman–Crippen LogP) is 1.15. The Balaban J connectivity index is 2.27. The fourth-order valence-corrected chi connectivity index (χ4v) is 2.74. The van der Waals surface area contributed by atoms with E-state index in [-0.39, 0.29) is 18.6 Å². The van der Waals surface area contributed by atoms with Gasteiger partial charge in [-0.25, -0.2) is 0 Å². The molecule has 0 aromatic heterocycles. The van der Waals surface area contributed by atoms with Gasteiger partial charge >= 0.3 is 0 Å². The number of hydrogen-bond donors (Lipinski definition) is 2. The molecule has 0 bridgehead atoms. The second kappa shape index (κ2) is 6.75. The zero-order valence-corrected chi connectivity index (χ0v) is 12.6. The summed E-state index contributed by atoms with van der Waals surface area (Å²) < 4.78 is 0. The first-order valence-electron chi connectivity index (χ1n) is 7.30. The molecule has 4 heteroatoms. The van der Waals surface area contributed by atoms with Gasteiger partial charge in [0.15, 0.2) is 0 Å². The summed E-state index contributed by atoms with van der Waals surface area (Å²) in [5.41, 5.74) is 7.88. The van der Waals surface area contributed by atoms with E-state index in [0.717, 1.165) is 17.5 Å². The standard InChI is InChI=1S/C17H22N2O2/c1-12-5-6-15(10-14(12)4-3-8-18)17(21)19-9-7-13(2)16(19)11-20/h5-6,10,13,16,20H,7-9,11,18H2,1-2H3. The summed E-state index contributed by atoms with van der Waals surface area (Å²) in [4.78, 5) is 14.4. The summed E-state index contributed by atoms with van der Waals surface area (Å²) >= 11 is 0. The molecule has 112 valence electrons. The molecule has 0 saturated carbocycles. The summed E-state index contributed by atoms with van der Waals surface area (Å²) in [6, 6.07) is 5.46. The van der Waals surface area contributed by atoms with Gasteiger partial charge in [0.25, 0.3) is 5.91 Å². The van der Waals surface area contributed by atoms with Crippen molar-refractivity contribution in [3.05, 3.63) is 34.9 Å². The minimum absolute atomic E-state index is 0.0125. The first kappa shape index (κ1) is 15.6. The molecule has 0 aliphatic carbocycles. The van der Waals surface area contributed by atoms with Crippen LogP contribution in [0.25, 0.3) is 0 Å². The highest BCUT2D eigenvalue weighted by Crippen LogP contribution is 2.25. The third-order valence-electron chi connectivity index (χ3n) is 4.14. The molecule has 0 spiro atoms. The number of aliphatic hydroxyl groups is 1. The lowest BCUT2D eigenvalue weighted by atomic mass is 10.0. The smallest absolute Gasteiger partial charge is 0.254 e. The molecule has 1 heterocycles. The minimum Gasteiger partial charge on any atom is -0.394 e. The van der Waals surface area contributed by atoms with Crippen LogP contribution in [0, 0.1) is 24.7 Å². The van der Waals surface area contributed by atoms with Gasteiger partial charge in [-0.15, -0.1) is 0 Å². The minimum atomic E-state index is -0.0858. The van der Waals surface area contributed by atoms with Gasteiger partial charge in [0, 0.05) is 17.7 Å². The van der Waals surface area contributed by atoms with E-state index < -0.39 is 0 Å². The van der Waals surface area contributed by atoms with Crippen LogP contribution in [0.1, 0.15) is 34.8 Å². The van der Waals surface area contributed by atoms with Gasteiger partial charge < -0.3 is 15.7 Å². The largest absolute Gasteiger partial charge is 0.394 e. The summed E-state index contributed by atoms with van der Waals surface area (Å²) in [5.74, 6) is 6.12. The van der Waals surface area contributed by atoms with Crippen molar-refractivity contribution >= 4 is 5.91 Å². The van der Waals surface area contributed by atoms with Crippen molar-refractivity contribution in [3.8, 4) is 11.8 Å². The van der Waals surface area contributed by atoms with Crippen LogP contribution >= 0.6 is 0 Å². The summed E-state index contributed by atoms with van der Waals surface area (Å²) in [6.07, 6.45) is 0.933. The second-order valence-corrected chi connectivity index (χ2v) is 5.55. The predicted molar refractivity (Wildman–Crippen MR) is 82.8 cm³/mol. The highest BCUT2D eigenvalue weighted by atomic mass is 16.3. The van der Waals surface area contributed by atoms with E-state index in [0.29, 0.717) is 24.6 Å². The molecule has 0 radical (unpaired) electrons. The van der Waals surface area contributed by atoms with Crippen LogP contribution in [0.3, 0.4) is 0 Å². The number of amides is 1. The van der Waals surface area contributed by atoms with Crippen LogP contribution in [0.4, 0.5) is 0 Å². The molecule has 3 N–H and O–H groups in total. The van der Waals surface area contributed by atoms with Crippen LogP contribution in [-0.4, -0.2) is 41.7 Å². The van der Waals surface area contributed by atoms with Crippen molar-refractivity contribution in [2.45, 2.75) is 26.3 Å². The molecular weight excluding hydrogens is 264 g/mol. The molecule has 2 rings (SSSR count). The third kappa shape index (κ3) is 3.26. The molecule has 2 atom stereocenters. The Morgan fingerprint density at radius 3 is 2.95 bits per heavy atom. The highest BCUT2D eigenvalue weighted by Gasteiger charge is 2.34. The van der Waals surface area contributed by atoms with Crippen molar-refractivity contribution in [3.63, 3.8) is 0 Å².